The first-order chi connectivity index (χ1) is 12.6. The molecule has 26 heavy (non-hydrogen) atoms. The van der Waals surface area contributed by atoms with Crippen LogP contribution in [0.2, 0.25) is 0 Å². The summed E-state index contributed by atoms with van der Waals surface area (Å²) >= 11 is 0. The lowest BCUT2D eigenvalue weighted by molar-refractivity contribution is -0.120. The quantitative estimate of drug-likeness (QED) is 0.407. The molecular weight excluding hydrogens is 322 g/mol. The van der Waals surface area contributed by atoms with E-state index in [0.29, 0.717) is 6.42 Å². The van der Waals surface area contributed by atoms with Crippen molar-refractivity contribution in [1.82, 2.24) is 9.99 Å². The van der Waals surface area contributed by atoms with Crippen molar-refractivity contribution < 1.29 is 4.79 Å². The number of nitrogens with zero attached hydrogens (tertiary/aromatic N) is 2. The summed E-state index contributed by atoms with van der Waals surface area (Å²) < 4.78 is 2.11. The number of hydrazone groups is 1. The van der Waals surface area contributed by atoms with E-state index in [2.05, 4.69) is 34.7 Å². The number of amides is 1. The summed E-state index contributed by atoms with van der Waals surface area (Å²) in [6.07, 6.45) is 5.89. The highest BCUT2D eigenvalue weighted by molar-refractivity contribution is 5.99. The summed E-state index contributed by atoms with van der Waals surface area (Å²) in [5.41, 5.74) is 8.11. The van der Waals surface area contributed by atoms with Crippen molar-refractivity contribution in [1.29, 1.82) is 0 Å². The molecule has 2 aromatic carbocycles. The molecule has 0 aliphatic heterocycles. The standard InChI is InChI=1S/C22H23N3O/c1-4-11-25-15-19(20-7-5-6-8-21(20)25)14-23-24-22(26)13-18-10-9-16(2)17(3)12-18/h4-10,12,14-15H,1,11,13H2,2-3H3,(H,24,26)/b23-14-. The highest BCUT2D eigenvalue weighted by Crippen LogP contribution is 2.20. The van der Waals surface area contributed by atoms with Gasteiger partial charge in [0.1, 0.15) is 0 Å². The number of nitrogens with one attached hydrogen (secondary N) is 1. The van der Waals surface area contributed by atoms with Crippen molar-refractivity contribution in [2.75, 3.05) is 0 Å². The Morgan fingerprint density at radius 3 is 2.77 bits per heavy atom. The Morgan fingerprint density at radius 2 is 2.00 bits per heavy atom. The molecule has 4 nitrogen and oxygen atoms in total. The van der Waals surface area contributed by atoms with Crippen LogP contribution < -0.4 is 5.43 Å². The zero-order chi connectivity index (χ0) is 18.5. The lowest BCUT2D eigenvalue weighted by atomic mass is 10.0. The molecule has 0 saturated heterocycles. The van der Waals surface area contributed by atoms with Crippen LogP contribution >= 0.6 is 0 Å². The average Bonchev–Trinajstić information content (AvgIpc) is 2.97. The second-order valence-electron chi connectivity index (χ2n) is 6.43. The number of hydrogen-bond donors (Lipinski definition) is 1. The first-order valence-corrected chi connectivity index (χ1v) is 8.65. The number of carbonyl (C=O) groups is 1. The van der Waals surface area contributed by atoms with Crippen LogP contribution in [0.25, 0.3) is 10.9 Å². The molecule has 1 N–H and O–H groups in total. The Hall–Kier alpha value is -3.14. The van der Waals surface area contributed by atoms with E-state index in [-0.39, 0.29) is 5.91 Å². The summed E-state index contributed by atoms with van der Waals surface area (Å²) in [5.74, 6) is -0.126. The monoisotopic (exact) mass is 345 g/mol. The fraction of sp³-hybridized carbons (Fsp3) is 0.182. The number of fused-ring (bicyclic) bond motifs is 1. The first-order valence-electron chi connectivity index (χ1n) is 8.65. The maximum Gasteiger partial charge on any atom is 0.244 e. The van der Waals surface area contributed by atoms with Gasteiger partial charge in [-0.1, -0.05) is 42.5 Å². The molecule has 0 atom stereocenters. The van der Waals surface area contributed by atoms with Gasteiger partial charge in [-0.2, -0.15) is 5.10 Å². The smallest absolute Gasteiger partial charge is 0.244 e. The van der Waals surface area contributed by atoms with E-state index in [4.69, 9.17) is 0 Å². The molecule has 1 heterocycles. The fourth-order valence-electron chi connectivity index (χ4n) is 2.98. The summed E-state index contributed by atoms with van der Waals surface area (Å²) in [7, 11) is 0. The molecule has 0 radical (unpaired) electrons. The van der Waals surface area contributed by atoms with Gasteiger partial charge in [0.2, 0.25) is 5.91 Å². The third-order valence-electron chi connectivity index (χ3n) is 4.47. The molecule has 0 aliphatic rings. The first kappa shape index (κ1) is 17.7. The predicted molar refractivity (Wildman–Crippen MR) is 107 cm³/mol. The van der Waals surface area contributed by atoms with E-state index in [1.165, 1.54) is 11.1 Å². The minimum absolute atomic E-state index is 0.126. The number of aromatic nitrogens is 1. The molecule has 0 spiro atoms. The summed E-state index contributed by atoms with van der Waals surface area (Å²) in [4.78, 5) is 12.1. The van der Waals surface area contributed by atoms with E-state index >= 15 is 0 Å². The lowest BCUT2D eigenvalue weighted by Gasteiger charge is -2.04. The van der Waals surface area contributed by atoms with E-state index in [1.54, 1.807) is 6.21 Å². The molecule has 0 fully saturated rings. The minimum Gasteiger partial charge on any atom is -0.343 e. The molecular formula is C22H23N3O. The van der Waals surface area contributed by atoms with Crippen LogP contribution in [0.3, 0.4) is 0 Å². The van der Waals surface area contributed by atoms with Crippen molar-refractivity contribution in [3.63, 3.8) is 0 Å². The third kappa shape index (κ3) is 3.91. The average molecular weight is 345 g/mol. The summed E-state index contributed by atoms with van der Waals surface area (Å²) in [6.45, 7) is 8.64. The van der Waals surface area contributed by atoms with Crippen LogP contribution in [-0.4, -0.2) is 16.7 Å². The molecule has 0 saturated carbocycles. The van der Waals surface area contributed by atoms with E-state index in [0.717, 1.165) is 28.6 Å². The number of aryl methyl sites for hydroxylation is 2. The largest absolute Gasteiger partial charge is 0.343 e. The van der Waals surface area contributed by atoms with Gasteiger partial charge in [-0.05, 0) is 36.6 Å². The highest BCUT2D eigenvalue weighted by Gasteiger charge is 2.06. The minimum atomic E-state index is -0.126. The maximum atomic E-state index is 12.1. The number of para-hydroxylation sites is 1. The number of allylic oxidation sites excluding steroid dienone is 1. The van der Waals surface area contributed by atoms with Crippen LogP contribution in [0.1, 0.15) is 22.3 Å². The van der Waals surface area contributed by atoms with Crippen LogP contribution in [0.4, 0.5) is 0 Å². The molecule has 0 bridgehead atoms. The topological polar surface area (TPSA) is 46.4 Å². The molecule has 1 aromatic heterocycles. The van der Waals surface area contributed by atoms with Gasteiger partial charge in [0, 0.05) is 29.2 Å². The van der Waals surface area contributed by atoms with Crippen LogP contribution in [0.5, 0.6) is 0 Å². The van der Waals surface area contributed by atoms with E-state index in [9.17, 15) is 4.79 Å². The zero-order valence-corrected chi connectivity index (χ0v) is 15.2. The van der Waals surface area contributed by atoms with Crippen LogP contribution in [0.15, 0.2) is 66.4 Å². The third-order valence-corrected chi connectivity index (χ3v) is 4.47. The summed E-state index contributed by atoms with van der Waals surface area (Å²) in [5, 5.41) is 5.24. The normalized spacial score (nSPS) is 11.2. The summed E-state index contributed by atoms with van der Waals surface area (Å²) in [6, 6.07) is 14.2. The number of carbonyl (C=O) groups excluding carboxylic acids is 1. The fourth-order valence-corrected chi connectivity index (χ4v) is 2.98. The number of rotatable bonds is 6. The Kier molecular flexibility index (Phi) is 5.32. The van der Waals surface area contributed by atoms with Crippen molar-refractivity contribution in [2.45, 2.75) is 26.8 Å². The number of benzene rings is 2. The molecule has 132 valence electrons. The molecule has 0 aliphatic carbocycles. The molecule has 3 rings (SSSR count). The van der Waals surface area contributed by atoms with Gasteiger partial charge in [-0.15, -0.1) is 6.58 Å². The SMILES string of the molecule is C=CCn1cc(/C=N\NC(=O)Cc2ccc(C)c(C)c2)c2ccccc21. The van der Waals surface area contributed by atoms with Crippen molar-refractivity contribution in [3.8, 4) is 0 Å². The second-order valence-corrected chi connectivity index (χ2v) is 6.43. The Balaban J connectivity index is 1.70. The lowest BCUT2D eigenvalue weighted by Crippen LogP contribution is -2.19. The van der Waals surface area contributed by atoms with Gasteiger partial charge in [0.05, 0.1) is 12.6 Å². The van der Waals surface area contributed by atoms with Gasteiger partial charge in [-0.3, -0.25) is 4.79 Å². The van der Waals surface area contributed by atoms with Crippen LogP contribution in [0, 0.1) is 13.8 Å². The van der Waals surface area contributed by atoms with Crippen LogP contribution in [-0.2, 0) is 17.8 Å². The number of hydrogen-bond acceptors (Lipinski definition) is 2. The van der Waals surface area contributed by atoms with E-state index < -0.39 is 0 Å². The van der Waals surface area contributed by atoms with Gasteiger partial charge in [-0.25, -0.2) is 5.43 Å². The van der Waals surface area contributed by atoms with E-state index in [1.807, 2.05) is 55.6 Å². The van der Waals surface area contributed by atoms with Gasteiger partial charge in [0.25, 0.3) is 0 Å². The molecule has 3 aromatic rings. The van der Waals surface area contributed by atoms with Crippen molar-refractivity contribution in [3.05, 3.63) is 83.6 Å². The second kappa shape index (κ2) is 7.83. The molecule has 1 amide bonds. The van der Waals surface area contributed by atoms with Crippen molar-refractivity contribution >= 4 is 23.0 Å². The Bertz CT molecular complexity index is 982. The highest BCUT2D eigenvalue weighted by atomic mass is 16.2. The van der Waals surface area contributed by atoms with Gasteiger partial charge < -0.3 is 4.57 Å². The molecule has 0 unspecified atom stereocenters. The predicted octanol–water partition coefficient (Wildman–Crippen LogP) is 4.14. The Labute approximate surface area is 153 Å². The zero-order valence-electron chi connectivity index (χ0n) is 15.2. The Morgan fingerprint density at radius 1 is 1.19 bits per heavy atom. The van der Waals surface area contributed by atoms with Gasteiger partial charge >= 0.3 is 0 Å². The van der Waals surface area contributed by atoms with Gasteiger partial charge in [0.15, 0.2) is 0 Å². The van der Waals surface area contributed by atoms with Crippen molar-refractivity contribution in [2.24, 2.45) is 5.10 Å². The molecule has 4 heteroatoms. The maximum absolute atomic E-state index is 12.1.